The SMILES string of the molecule is CCN1CC[C@H]2CN(C(C)=O)C[C@@]2(c2nc(C)no2)C1. The molecular formula is C14H22N4O2. The summed E-state index contributed by atoms with van der Waals surface area (Å²) in [5.74, 6) is 1.94. The van der Waals surface area contributed by atoms with Crippen LogP contribution in [0, 0.1) is 12.8 Å². The van der Waals surface area contributed by atoms with E-state index in [9.17, 15) is 4.79 Å². The Hall–Kier alpha value is -1.43. The minimum Gasteiger partial charge on any atom is -0.341 e. The molecule has 0 bridgehead atoms. The fourth-order valence-corrected chi connectivity index (χ4v) is 3.66. The van der Waals surface area contributed by atoms with Crippen LogP contribution < -0.4 is 0 Å². The number of aromatic nitrogens is 2. The van der Waals surface area contributed by atoms with Crippen LogP contribution in [0.4, 0.5) is 0 Å². The number of carbonyl (C=O) groups excluding carboxylic acids is 1. The summed E-state index contributed by atoms with van der Waals surface area (Å²) < 4.78 is 5.50. The first-order valence-corrected chi connectivity index (χ1v) is 7.34. The highest BCUT2D eigenvalue weighted by Crippen LogP contribution is 2.43. The number of fused-ring (bicyclic) bond motifs is 1. The molecule has 0 N–H and O–H groups in total. The molecule has 0 spiro atoms. The summed E-state index contributed by atoms with van der Waals surface area (Å²) in [5, 5.41) is 3.96. The Balaban J connectivity index is 1.97. The summed E-state index contributed by atoms with van der Waals surface area (Å²) in [6, 6.07) is 0. The fourth-order valence-electron chi connectivity index (χ4n) is 3.66. The largest absolute Gasteiger partial charge is 0.341 e. The number of rotatable bonds is 2. The van der Waals surface area contributed by atoms with Gasteiger partial charge in [0.1, 0.15) is 0 Å². The average molecular weight is 278 g/mol. The molecule has 1 aromatic rings. The van der Waals surface area contributed by atoms with E-state index in [2.05, 4.69) is 22.0 Å². The fraction of sp³-hybridized carbons (Fsp3) is 0.786. The smallest absolute Gasteiger partial charge is 0.236 e. The monoisotopic (exact) mass is 278 g/mol. The highest BCUT2D eigenvalue weighted by Gasteiger charge is 2.54. The van der Waals surface area contributed by atoms with Gasteiger partial charge in [0.05, 0.1) is 5.41 Å². The average Bonchev–Trinajstić information content (AvgIpc) is 3.02. The number of likely N-dealkylation sites (tertiary alicyclic amines) is 2. The van der Waals surface area contributed by atoms with Crippen molar-refractivity contribution in [3.8, 4) is 0 Å². The summed E-state index contributed by atoms with van der Waals surface area (Å²) in [5.41, 5.74) is -0.179. The molecule has 2 aliphatic heterocycles. The molecule has 0 saturated carbocycles. The molecule has 0 aromatic carbocycles. The molecule has 2 atom stereocenters. The van der Waals surface area contributed by atoms with Gasteiger partial charge in [-0.1, -0.05) is 12.1 Å². The molecule has 20 heavy (non-hydrogen) atoms. The lowest BCUT2D eigenvalue weighted by Crippen LogP contribution is -2.52. The lowest BCUT2D eigenvalue weighted by atomic mass is 9.73. The lowest BCUT2D eigenvalue weighted by Gasteiger charge is -2.41. The highest BCUT2D eigenvalue weighted by molar-refractivity contribution is 5.74. The van der Waals surface area contributed by atoms with Crippen LogP contribution in [0.1, 0.15) is 32.0 Å². The Kier molecular flexibility index (Phi) is 3.28. The number of hydrogen-bond donors (Lipinski definition) is 0. The van der Waals surface area contributed by atoms with Gasteiger partial charge in [0.25, 0.3) is 0 Å². The third-order valence-electron chi connectivity index (χ3n) is 4.84. The molecule has 1 amide bonds. The molecule has 2 fully saturated rings. The second kappa shape index (κ2) is 4.84. The van der Waals surface area contributed by atoms with Crippen LogP contribution in [0.3, 0.4) is 0 Å². The second-order valence-corrected chi connectivity index (χ2v) is 6.06. The maximum atomic E-state index is 11.8. The predicted molar refractivity (Wildman–Crippen MR) is 73.2 cm³/mol. The minimum absolute atomic E-state index is 0.137. The van der Waals surface area contributed by atoms with Gasteiger partial charge in [-0.05, 0) is 32.4 Å². The van der Waals surface area contributed by atoms with Crippen molar-refractivity contribution in [2.24, 2.45) is 5.92 Å². The summed E-state index contributed by atoms with van der Waals surface area (Å²) in [4.78, 5) is 20.6. The van der Waals surface area contributed by atoms with Gasteiger partial charge in [0.2, 0.25) is 11.8 Å². The number of hydrogen-bond acceptors (Lipinski definition) is 5. The van der Waals surface area contributed by atoms with Crippen molar-refractivity contribution in [1.82, 2.24) is 19.9 Å². The zero-order valence-electron chi connectivity index (χ0n) is 12.4. The van der Waals surface area contributed by atoms with Crippen molar-refractivity contribution in [3.63, 3.8) is 0 Å². The molecule has 0 radical (unpaired) electrons. The molecule has 3 heterocycles. The molecule has 6 nitrogen and oxygen atoms in total. The molecule has 110 valence electrons. The Morgan fingerprint density at radius 2 is 2.30 bits per heavy atom. The van der Waals surface area contributed by atoms with Crippen LogP contribution >= 0.6 is 0 Å². The number of likely N-dealkylation sites (N-methyl/N-ethyl adjacent to an activating group) is 1. The van der Waals surface area contributed by atoms with E-state index in [1.165, 1.54) is 0 Å². The molecule has 1 aromatic heterocycles. The van der Waals surface area contributed by atoms with Crippen LogP contribution in [-0.4, -0.2) is 58.6 Å². The molecule has 0 unspecified atom stereocenters. The first-order chi connectivity index (χ1) is 9.55. The van der Waals surface area contributed by atoms with E-state index in [0.717, 1.165) is 32.6 Å². The van der Waals surface area contributed by atoms with Crippen LogP contribution in [0.5, 0.6) is 0 Å². The number of aryl methyl sites for hydroxylation is 1. The number of piperidine rings is 1. The topological polar surface area (TPSA) is 62.5 Å². The van der Waals surface area contributed by atoms with E-state index < -0.39 is 0 Å². The van der Waals surface area contributed by atoms with Gasteiger partial charge in [0.15, 0.2) is 5.82 Å². The molecule has 2 aliphatic rings. The second-order valence-electron chi connectivity index (χ2n) is 6.06. The van der Waals surface area contributed by atoms with Gasteiger partial charge in [-0.15, -0.1) is 0 Å². The van der Waals surface area contributed by atoms with Crippen molar-refractivity contribution >= 4 is 5.91 Å². The first kappa shape index (κ1) is 13.5. The summed E-state index contributed by atoms with van der Waals surface area (Å²) in [7, 11) is 0. The maximum Gasteiger partial charge on any atom is 0.236 e. The molecule has 3 rings (SSSR count). The van der Waals surface area contributed by atoms with Crippen LogP contribution in [-0.2, 0) is 10.2 Å². The Bertz CT molecular complexity index is 515. The van der Waals surface area contributed by atoms with Gasteiger partial charge in [-0.2, -0.15) is 4.98 Å². The molecule has 6 heteroatoms. The van der Waals surface area contributed by atoms with E-state index in [1.807, 2.05) is 11.8 Å². The third kappa shape index (κ3) is 2.02. The van der Waals surface area contributed by atoms with Gasteiger partial charge in [-0.3, -0.25) is 4.79 Å². The number of nitrogens with zero attached hydrogens (tertiary/aromatic N) is 4. The van der Waals surface area contributed by atoms with Crippen molar-refractivity contribution in [1.29, 1.82) is 0 Å². The normalized spacial score (nSPS) is 30.6. The summed E-state index contributed by atoms with van der Waals surface area (Å²) in [6.07, 6.45) is 1.08. The van der Waals surface area contributed by atoms with Gasteiger partial charge in [-0.25, -0.2) is 0 Å². The van der Waals surface area contributed by atoms with Crippen molar-refractivity contribution in [2.45, 2.75) is 32.6 Å². The van der Waals surface area contributed by atoms with Gasteiger partial charge in [0, 0.05) is 26.6 Å². The first-order valence-electron chi connectivity index (χ1n) is 7.34. The summed E-state index contributed by atoms with van der Waals surface area (Å²) >= 11 is 0. The zero-order valence-corrected chi connectivity index (χ0v) is 12.4. The quantitative estimate of drug-likeness (QED) is 0.801. The molecule has 0 aliphatic carbocycles. The minimum atomic E-state index is -0.179. The van der Waals surface area contributed by atoms with E-state index in [0.29, 0.717) is 24.2 Å². The third-order valence-corrected chi connectivity index (χ3v) is 4.84. The van der Waals surface area contributed by atoms with E-state index in [4.69, 9.17) is 4.52 Å². The molecular weight excluding hydrogens is 256 g/mol. The van der Waals surface area contributed by atoms with Crippen LogP contribution in [0.25, 0.3) is 0 Å². The van der Waals surface area contributed by atoms with E-state index in [-0.39, 0.29) is 11.3 Å². The Labute approximate surface area is 119 Å². The Morgan fingerprint density at radius 1 is 1.50 bits per heavy atom. The Morgan fingerprint density at radius 3 is 2.90 bits per heavy atom. The highest BCUT2D eigenvalue weighted by atomic mass is 16.5. The zero-order chi connectivity index (χ0) is 14.3. The van der Waals surface area contributed by atoms with Crippen LogP contribution in [0.2, 0.25) is 0 Å². The molecule has 2 saturated heterocycles. The summed E-state index contributed by atoms with van der Waals surface area (Å²) in [6.45, 7) is 10.2. The van der Waals surface area contributed by atoms with Gasteiger partial charge < -0.3 is 14.3 Å². The number of amides is 1. The van der Waals surface area contributed by atoms with Crippen molar-refractivity contribution in [3.05, 3.63) is 11.7 Å². The van der Waals surface area contributed by atoms with Gasteiger partial charge >= 0.3 is 0 Å². The standard InChI is InChI=1S/C14H22N4O2/c1-4-17-6-5-12-7-18(11(3)19)9-14(12,8-17)13-15-10(2)16-20-13/h12H,4-9H2,1-3H3/t12-,14-/m0/s1. The van der Waals surface area contributed by atoms with Crippen LogP contribution in [0.15, 0.2) is 4.52 Å². The van der Waals surface area contributed by atoms with E-state index in [1.54, 1.807) is 6.92 Å². The van der Waals surface area contributed by atoms with Crippen molar-refractivity contribution in [2.75, 3.05) is 32.7 Å². The lowest BCUT2D eigenvalue weighted by molar-refractivity contribution is -0.128. The predicted octanol–water partition coefficient (Wildman–Crippen LogP) is 0.820. The van der Waals surface area contributed by atoms with E-state index >= 15 is 0 Å². The van der Waals surface area contributed by atoms with Crippen molar-refractivity contribution < 1.29 is 9.32 Å². The number of carbonyl (C=O) groups is 1. The maximum absolute atomic E-state index is 11.8.